The molecule has 28 heavy (non-hydrogen) atoms. The maximum absolute atomic E-state index is 13.0. The zero-order chi connectivity index (χ0) is 19.5. The molecule has 0 radical (unpaired) electrons. The van der Waals surface area contributed by atoms with Gasteiger partial charge in [0.25, 0.3) is 5.56 Å². The Morgan fingerprint density at radius 1 is 1.14 bits per heavy atom. The van der Waals surface area contributed by atoms with Crippen molar-refractivity contribution in [3.63, 3.8) is 0 Å². The van der Waals surface area contributed by atoms with E-state index >= 15 is 0 Å². The number of rotatable bonds is 4. The van der Waals surface area contributed by atoms with Crippen LogP contribution < -0.4 is 5.56 Å². The quantitative estimate of drug-likeness (QED) is 0.675. The van der Waals surface area contributed by atoms with Gasteiger partial charge in [-0.3, -0.25) is 9.59 Å². The number of nitrogens with zero attached hydrogens (tertiary/aromatic N) is 3. The largest absolute Gasteiger partial charge is 0.340 e. The molecule has 0 saturated carbocycles. The first-order valence-corrected chi connectivity index (χ1v) is 10.5. The minimum atomic E-state index is -0.193. The summed E-state index contributed by atoms with van der Waals surface area (Å²) < 4.78 is 1.57. The van der Waals surface area contributed by atoms with Gasteiger partial charge in [0.2, 0.25) is 5.91 Å². The Morgan fingerprint density at radius 3 is 2.71 bits per heavy atom. The number of benzene rings is 1. The van der Waals surface area contributed by atoms with Crippen molar-refractivity contribution in [2.75, 3.05) is 13.1 Å². The maximum Gasteiger partial charge on any atom is 0.267 e. The molecule has 0 bridgehead atoms. The van der Waals surface area contributed by atoms with Crippen LogP contribution in [0, 0.1) is 0 Å². The molecule has 1 aromatic carbocycles. The minimum Gasteiger partial charge on any atom is -0.340 e. The molecule has 1 aliphatic rings. The first-order valence-electron chi connectivity index (χ1n) is 9.61. The molecule has 2 aromatic heterocycles. The van der Waals surface area contributed by atoms with Crippen LogP contribution in [0.5, 0.6) is 0 Å². The highest BCUT2D eigenvalue weighted by Gasteiger charge is 2.29. The van der Waals surface area contributed by atoms with Crippen molar-refractivity contribution in [3.05, 3.63) is 75.9 Å². The average Bonchev–Trinajstić information content (AvgIpc) is 3.29. The van der Waals surface area contributed by atoms with Gasteiger partial charge in [-0.2, -0.15) is 5.10 Å². The van der Waals surface area contributed by atoms with Gasteiger partial charge in [-0.05, 0) is 42.8 Å². The van der Waals surface area contributed by atoms with E-state index in [1.165, 1.54) is 0 Å². The standard InChI is InChI=1S/C22H23N3O2S/c1-16(17-7-3-2-4-8-17)22(27)24-13-5-9-18(15-24)25-21(26)12-11-19(23-25)20-10-6-14-28-20/h2-4,6-8,10-12,14,16,18H,5,9,13,15H2,1H3/t16-,18-/m1/s1. The Kier molecular flexibility index (Phi) is 5.39. The Morgan fingerprint density at radius 2 is 1.96 bits per heavy atom. The number of piperidine rings is 1. The summed E-state index contributed by atoms with van der Waals surface area (Å²) in [5.74, 6) is -0.0829. The molecule has 0 unspecified atom stereocenters. The van der Waals surface area contributed by atoms with E-state index in [0.29, 0.717) is 6.54 Å². The molecular formula is C22H23N3O2S. The molecule has 144 valence electrons. The summed E-state index contributed by atoms with van der Waals surface area (Å²) in [5.41, 5.74) is 1.70. The smallest absolute Gasteiger partial charge is 0.267 e. The van der Waals surface area contributed by atoms with E-state index in [0.717, 1.165) is 35.5 Å². The van der Waals surface area contributed by atoms with Crippen molar-refractivity contribution >= 4 is 17.2 Å². The second kappa shape index (κ2) is 8.10. The lowest BCUT2D eigenvalue weighted by Crippen LogP contribution is -2.44. The lowest BCUT2D eigenvalue weighted by molar-refractivity contribution is -0.134. The summed E-state index contributed by atoms with van der Waals surface area (Å²) >= 11 is 1.60. The summed E-state index contributed by atoms with van der Waals surface area (Å²) in [5, 5.41) is 6.61. The molecule has 1 amide bonds. The van der Waals surface area contributed by atoms with Gasteiger partial charge < -0.3 is 4.90 Å². The van der Waals surface area contributed by atoms with Crippen LogP contribution in [0.1, 0.15) is 37.3 Å². The van der Waals surface area contributed by atoms with E-state index in [1.807, 2.05) is 59.7 Å². The van der Waals surface area contributed by atoms with Crippen molar-refractivity contribution in [1.29, 1.82) is 0 Å². The van der Waals surface area contributed by atoms with E-state index in [4.69, 9.17) is 0 Å². The normalized spacial score (nSPS) is 18.0. The predicted molar refractivity (Wildman–Crippen MR) is 112 cm³/mol. The van der Waals surface area contributed by atoms with Crippen LogP contribution in [0.4, 0.5) is 0 Å². The van der Waals surface area contributed by atoms with E-state index in [2.05, 4.69) is 5.10 Å². The topological polar surface area (TPSA) is 55.2 Å². The van der Waals surface area contributed by atoms with Crippen LogP contribution in [0.2, 0.25) is 0 Å². The molecule has 6 heteroatoms. The fourth-order valence-electron chi connectivity index (χ4n) is 3.76. The second-order valence-electron chi connectivity index (χ2n) is 7.19. The fraction of sp³-hybridized carbons (Fsp3) is 0.318. The molecule has 1 aliphatic heterocycles. The Hall–Kier alpha value is -2.73. The molecule has 5 nitrogen and oxygen atoms in total. The maximum atomic E-state index is 13.0. The van der Waals surface area contributed by atoms with Crippen LogP contribution in [-0.4, -0.2) is 33.7 Å². The predicted octanol–water partition coefficient (Wildman–Crippen LogP) is 3.94. The first-order chi connectivity index (χ1) is 13.6. The van der Waals surface area contributed by atoms with Crippen molar-refractivity contribution in [1.82, 2.24) is 14.7 Å². The van der Waals surface area contributed by atoms with Gasteiger partial charge in [0.05, 0.1) is 16.8 Å². The summed E-state index contributed by atoms with van der Waals surface area (Å²) in [7, 11) is 0. The summed E-state index contributed by atoms with van der Waals surface area (Å²) in [4.78, 5) is 28.4. The third-order valence-electron chi connectivity index (χ3n) is 5.32. The highest BCUT2D eigenvalue weighted by atomic mass is 32.1. The molecule has 1 fully saturated rings. The number of carbonyl (C=O) groups excluding carboxylic acids is 1. The van der Waals surface area contributed by atoms with E-state index in [9.17, 15) is 9.59 Å². The number of amides is 1. The van der Waals surface area contributed by atoms with Crippen LogP contribution in [-0.2, 0) is 4.79 Å². The number of hydrogen-bond acceptors (Lipinski definition) is 4. The zero-order valence-electron chi connectivity index (χ0n) is 15.8. The number of aromatic nitrogens is 2. The third kappa shape index (κ3) is 3.78. The van der Waals surface area contributed by atoms with Gasteiger partial charge in [-0.15, -0.1) is 11.3 Å². The van der Waals surface area contributed by atoms with Gasteiger partial charge in [0, 0.05) is 19.2 Å². The van der Waals surface area contributed by atoms with Crippen molar-refractivity contribution in [2.45, 2.75) is 31.7 Å². The highest BCUT2D eigenvalue weighted by molar-refractivity contribution is 7.13. The molecule has 1 saturated heterocycles. The summed E-state index contributed by atoms with van der Waals surface area (Å²) in [6, 6.07) is 17.1. The van der Waals surface area contributed by atoms with Crippen LogP contribution >= 0.6 is 11.3 Å². The Labute approximate surface area is 168 Å². The Bertz CT molecular complexity index is 998. The molecular weight excluding hydrogens is 370 g/mol. The van der Waals surface area contributed by atoms with E-state index < -0.39 is 0 Å². The van der Waals surface area contributed by atoms with Crippen molar-refractivity contribution in [2.24, 2.45) is 0 Å². The third-order valence-corrected chi connectivity index (χ3v) is 6.22. The lowest BCUT2D eigenvalue weighted by Gasteiger charge is -2.34. The molecule has 4 rings (SSSR count). The summed E-state index contributed by atoms with van der Waals surface area (Å²) in [6.07, 6.45) is 1.72. The van der Waals surface area contributed by atoms with Gasteiger partial charge in [0.15, 0.2) is 0 Å². The highest BCUT2D eigenvalue weighted by Crippen LogP contribution is 2.26. The van der Waals surface area contributed by atoms with Crippen LogP contribution in [0.15, 0.2) is 64.8 Å². The minimum absolute atomic E-state index is 0.0897. The fourth-order valence-corrected chi connectivity index (χ4v) is 4.45. The number of carbonyl (C=O) groups is 1. The first kappa shape index (κ1) is 18.6. The Balaban J connectivity index is 1.55. The average molecular weight is 394 g/mol. The van der Waals surface area contributed by atoms with Gasteiger partial charge in [0.1, 0.15) is 5.69 Å². The molecule has 3 aromatic rings. The monoisotopic (exact) mass is 393 g/mol. The summed E-state index contributed by atoms with van der Waals surface area (Å²) in [6.45, 7) is 3.20. The molecule has 2 atom stereocenters. The second-order valence-corrected chi connectivity index (χ2v) is 8.14. The molecule has 3 heterocycles. The van der Waals surface area contributed by atoms with E-state index in [-0.39, 0.29) is 23.4 Å². The van der Waals surface area contributed by atoms with Crippen LogP contribution in [0.3, 0.4) is 0 Å². The number of hydrogen-bond donors (Lipinski definition) is 0. The van der Waals surface area contributed by atoms with E-state index in [1.54, 1.807) is 28.2 Å². The lowest BCUT2D eigenvalue weighted by atomic mass is 9.97. The number of thiophene rings is 1. The van der Waals surface area contributed by atoms with Crippen LogP contribution in [0.25, 0.3) is 10.6 Å². The van der Waals surface area contributed by atoms with Gasteiger partial charge in [-0.1, -0.05) is 36.4 Å². The molecule has 0 spiro atoms. The SMILES string of the molecule is C[C@@H](C(=O)N1CCC[C@@H](n2nc(-c3cccs3)ccc2=O)C1)c1ccccc1. The molecule has 0 aliphatic carbocycles. The molecule has 0 N–H and O–H groups in total. The van der Waals surface area contributed by atoms with Gasteiger partial charge >= 0.3 is 0 Å². The van der Waals surface area contributed by atoms with Crippen molar-refractivity contribution < 1.29 is 4.79 Å². The number of likely N-dealkylation sites (tertiary alicyclic amines) is 1. The van der Waals surface area contributed by atoms with Gasteiger partial charge in [-0.25, -0.2) is 4.68 Å². The zero-order valence-corrected chi connectivity index (χ0v) is 16.6. The van der Waals surface area contributed by atoms with Crippen molar-refractivity contribution in [3.8, 4) is 10.6 Å².